The number of anilines is 1. The van der Waals surface area contributed by atoms with E-state index in [9.17, 15) is 13.6 Å². The minimum atomic E-state index is -2.82. The number of pyridine rings is 2. The van der Waals surface area contributed by atoms with E-state index in [1.807, 2.05) is 25.1 Å². The fourth-order valence-corrected chi connectivity index (χ4v) is 3.87. The number of aromatic amines is 1. The molecule has 1 saturated heterocycles. The highest BCUT2D eigenvalue weighted by molar-refractivity contribution is 5.75. The second kappa shape index (κ2) is 8.20. The standard InChI is InChI=1S/C22H21F2N5O/c1-14-8-15(11-25)2-3-20(14)29-6-4-28(5-7-29)13-16-9-19-18(26-12-16)10-17(21(23)24)22(30)27-19/h2-3,8-10,12,21H,4-7,13H2,1H3,(H,27,30). The number of alkyl halides is 2. The summed E-state index contributed by atoms with van der Waals surface area (Å²) < 4.78 is 25.8. The Labute approximate surface area is 172 Å². The molecule has 8 heteroatoms. The van der Waals surface area contributed by atoms with Crippen LogP contribution in [-0.2, 0) is 6.54 Å². The van der Waals surface area contributed by atoms with Gasteiger partial charge in [0.15, 0.2) is 0 Å². The van der Waals surface area contributed by atoms with E-state index in [0.29, 0.717) is 23.1 Å². The topological polar surface area (TPSA) is 76.0 Å². The molecule has 0 bridgehead atoms. The van der Waals surface area contributed by atoms with E-state index in [2.05, 4.69) is 25.8 Å². The summed E-state index contributed by atoms with van der Waals surface area (Å²) in [4.78, 5) is 23.2. The van der Waals surface area contributed by atoms with Crippen molar-refractivity contribution in [3.05, 3.63) is 69.1 Å². The molecule has 1 aliphatic heterocycles. The summed E-state index contributed by atoms with van der Waals surface area (Å²) in [6.07, 6.45) is -1.15. The summed E-state index contributed by atoms with van der Waals surface area (Å²) in [6.45, 7) is 6.13. The van der Waals surface area contributed by atoms with Crippen molar-refractivity contribution in [3.63, 3.8) is 0 Å². The van der Waals surface area contributed by atoms with Crippen molar-refractivity contribution in [2.24, 2.45) is 0 Å². The molecule has 0 aliphatic carbocycles. The van der Waals surface area contributed by atoms with Crippen LogP contribution in [-0.4, -0.2) is 41.0 Å². The molecular weight excluding hydrogens is 388 g/mol. The number of aryl methyl sites for hydroxylation is 1. The molecule has 3 aromatic rings. The summed E-state index contributed by atoms with van der Waals surface area (Å²) in [5, 5.41) is 9.03. The van der Waals surface area contributed by atoms with E-state index < -0.39 is 17.5 Å². The lowest BCUT2D eigenvalue weighted by molar-refractivity contribution is 0.150. The number of H-pyrrole nitrogens is 1. The summed E-state index contributed by atoms with van der Waals surface area (Å²) in [6, 6.07) is 10.9. The zero-order chi connectivity index (χ0) is 21.3. The van der Waals surface area contributed by atoms with E-state index in [0.717, 1.165) is 49.1 Å². The van der Waals surface area contributed by atoms with Crippen molar-refractivity contribution in [1.82, 2.24) is 14.9 Å². The van der Waals surface area contributed by atoms with Crippen LogP contribution in [0.2, 0.25) is 0 Å². The van der Waals surface area contributed by atoms with Crippen LogP contribution in [0.3, 0.4) is 0 Å². The molecule has 1 aliphatic rings. The maximum atomic E-state index is 12.9. The van der Waals surface area contributed by atoms with Crippen LogP contribution in [0.1, 0.15) is 28.7 Å². The van der Waals surface area contributed by atoms with Crippen LogP contribution in [0.5, 0.6) is 0 Å². The van der Waals surface area contributed by atoms with Gasteiger partial charge in [0.05, 0.1) is 28.2 Å². The largest absolute Gasteiger partial charge is 0.369 e. The fraction of sp³-hybridized carbons (Fsp3) is 0.318. The van der Waals surface area contributed by atoms with Gasteiger partial charge in [-0.05, 0) is 48.4 Å². The van der Waals surface area contributed by atoms with Gasteiger partial charge in [-0.3, -0.25) is 14.7 Å². The zero-order valence-corrected chi connectivity index (χ0v) is 16.5. The normalized spacial score (nSPS) is 15.0. The Balaban J connectivity index is 1.44. The quantitative estimate of drug-likeness (QED) is 0.715. The van der Waals surface area contributed by atoms with Gasteiger partial charge in [0, 0.05) is 44.6 Å². The van der Waals surface area contributed by atoms with E-state index in [4.69, 9.17) is 5.26 Å². The smallest absolute Gasteiger partial charge is 0.269 e. The van der Waals surface area contributed by atoms with E-state index in [-0.39, 0.29) is 0 Å². The number of fused-ring (bicyclic) bond motifs is 1. The number of aromatic nitrogens is 2. The van der Waals surface area contributed by atoms with Gasteiger partial charge in [-0.1, -0.05) is 0 Å². The second-order valence-corrected chi connectivity index (χ2v) is 7.51. The molecule has 0 amide bonds. The van der Waals surface area contributed by atoms with E-state index in [1.54, 1.807) is 12.3 Å². The molecule has 1 fully saturated rings. The third kappa shape index (κ3) is 4.02. The van der Waals surface area contributed by atoms with Crippen LogP contribution in [0, 0.1) is 18.3 Å². The van der Waals surface area contributed by atoms with Gasteiger partial charge < -0.3 is 9.88 Å². The minimum absolute atomic E-state index is 0.356. The first-order valence-corrected chi connectivity index (χ1v) is 9.72. The number of hydrogen-bond acceptors (Lipinski definition) is 5. The Hall–Kier alpha value is -3.31. The predicted octanol–water partition coefficient (Wildman–Crippen LogP) is 3.36. The van der Waals surface area contributed by atoms with Gasteiger partial charge >= 0.3 is 0 Å². The first-order valence-electron chi connectivity index (χ1n) is 9.72. The molecule has 30 heavy (non-hydrogen) atoms. The average molecular weight is 409 g/mol. The molecular formula is C22H21F2N5O. The maximum Gasteiger partial charge on any atom is 0.269 e. The number of nitrogens with one attached hydrogen (secondary N) is 1. The van der Waals surface area contributed by atoms with Crippen LogP contribution in [0.15, 0.2) is 41.3 Å². The number of hydrogen-bond donors (Lipinski definition) is 1. The lowest BCUT2D eigenvalue weighted by Gasteiger charge is -2.36. The lowest BCUT2D eigenvalue weighted by Crippen LogP contribution is -2.46. The van der Waals surface area contributed by atoms with E-state index >= 15 is 0 Å². The zero-order valence-electron chi connectivity index (χ0n) is 16.5. The van der Waals surface area contributed by atoms with Crippen molar-refractivity contribution in [2.75, 3.05) is 31.1 Å². The van der Waals surface area contributed by atoms with Crippen LogP contribution in [0.25, 0.3) is 11.0 Å². The maximum absolute atomic E-state index is 12.9. The summed E-state index contributed by atoms with van der Waals surface area (Å²) >= 11 is 0. The van der Waals surface area contributed by atoms with Crippen molar-refractivity contribution in [3.8, 4) is 6.07 Å². The first kappa shape index (κ1) is 20.0. The molecule has 0 saturated carbocycles. The Morgan fingerprint density at radius 3 is 2.63 bits per heavy atom. The molecule has 0 unspecified atom stereocenters. The number of piperazine rings is 1. The minimum Gasteiger partial charge on any atom is -0.369 e. The average Bonchev–Trinajstić information content (AvgIpc) is 2.73. The monoisotopic (exact) mass is 409 g/mol. The molecule has 2 aromatic heterocycles. The number of nitrogens with zero attached hydrogens (tertiary/aromatic N) is 4. The van der Waals surface area contributed by atoms with Crippen molar-refractivity contribution >= 4 is 16.7 Å². The number of nitriles is 1. The van der Waals surface area contributed by atoms with Gasteiger partial charge in [0.1, 0.15) is 0 Å². The second-order valence-electron chi connectivity index (χ2n) is 7.51. The van der Waals surface area contributed by atoms with E-state index in [1.165, 1.54) is 0 Å². The Bertz CT molecular complexity index is 1180. The fourth-order valence-electron chi connectivity index (χ4n) is 3.87. The highest BCUT2D eigenvalue weighted by Gasteiger charge is 2.19. The van der Waals surface area contributed by atoms with Crippen molar-refractivity contribution < 1.29 is 8.78 Å². The van der Waals surface area contributed by atoms with Gasteiger partial charge in [0.2, 0.25) is 0 Å². The van der Waals surface area contributed by atoms with Crippen LogP contribution in [0.4, 0.5) is 14.5 Å². The lowest BCUT2D eigenvalue weighted by atomic mass is 10.1. The van der Waals surface area contributed by atoms with Gasteiger partial charge in [-0.2, -0.15) is 5.26 Å². The molecule has 3 heterocycles. The third-order valence-electron chi connectivity index (χ3n) is 5.46. The Kier molecular flexibility index (Phi) is 5.46. The number of benzene rings is 1. The summed E-state index contributed by atoms with van der Waals surface area (Å²) in [7, 11) is 0. The third-order valence-corrected chi connectivity index (χ3v) is 5.46. The molecule has 0 spiro atoms. The molecule has 1 N–H and O–H groups in total. The van der Waals surface area contributed by atoms with Crippen molar-refractivity contribution in [2.45, 2.75) is 19.9 Å². The van der Waals surface area contributed by atoms with Gasteiger partial charge in [-0.25, -0.2) is 8.78 Å². The highest BCUT2D eigenvalue weighted by atomic mass is 19.3. The predicted molar refractivity (Wildman–Crippen MR) is 111 cm³/mol. The number of halogens is 2. The van der Waals surface area contributed by atoms with Gasteiger partial charge in [0.25, 0.3) is 12.0 Å². The van der Waals surface area contributed by atoms with Crippen LogP contribution < -0.4 is 10.5 Å². The highest BCUT2D eigenvalue weighted by Crippen LogP contribution is 2.23. The first-order chi connectivity index (χ1) is 14.4. The molecule has 4 rings (SSSR count). The molecule has 0 radical (unpaired) electrons. The molecule has 6 nitrogen and oxygen atoms in total. The van der Waals surface area contributed by atoms with Gasteiger partial charge in [-0.15, -0.1) is 0 Å². The van der Waals surface area contributed by atoms with Crippen molar-refractivity contribution in [1.29, 1.82) is 5.26 Å². The molecule has 1 aromatic carbocycles. The van der Waals surface area contributed by atoms with Crippen LogP contribution >= 0.6 is 0 Å². The Morgan fingerprint density at radius 2 is 1.97 bits per heavy atom. The molecule has 154 valence electrons. The SMILES string of the molecule is Cc1cc(C#N)ccc1N1CCN(Cc2cnc3cc(C(F)F)c(=O)[nH]c3c2)CC1. The summed E-state index contributed by atoms with van der Waals surface area (Å²) in [5.74, 6) is 0. The molecule has 0 atom stereocenters. The number of rotatable bonds is 4. The summed E-state index contributed by atoms with van der Waals surface area (Å²) in [5.41, 5.74) is 3.31. The Morgan fingerprint density at radius 1 is 1.20 bits per heavy atom.